The van der Waals surface area contributed by atoms with Crippen molar-refractivity contribution in [1.29, 1.82) is 0 Å². The highest BCUT2D eigenvalue weighted by atomic mass is 35.5. The zero-order chi connectivity index (χ0) is 14.7. The third-order valence-corrected chi connectivity index (χ3v) is 6.53. The molecule has 0 amide bonds. The van der Waals surface area contributed by atoms with Crippen LogP contribution in [0.1, 0.15) is 33.6 Å². The second-order valence-corrected chi connectivity index (χ2v) is 8.39. The average Bonchev–Trinajstić information content (AvgIpc) is 2.89. The van der Waals surface area contributed by atoms with Gasteiger partial charge in [0.25, 0.3) is 0 Å². The van der Waals surface area contributed by atoms with Crippen LogP contribution in [0.15, 0.2) is 21.7 Å². The van der Waals surface area contributed by atoms with E-state index in [-0.39, 0.29) is 4.21 Å². The quantitative estimate of drug-likeness (QED) is 0.757. The number of aliphatic hydroxyl groups is 1. The fraction of sp³-hybridized carbons (Fsp3) is 0.667. The molecule has 1 heterocycles. The summed E-state index contributed by atoms with van der Waals surface area (Å²) in [6.45, 7) is 5.39. The van der Waals surface area contributed by atoms with Gasteiger partial charge in [-0.2, -0.15) is 0 Å². The first-order valence-electron chi connectivity index (χ1n) is 6.17. The third kappa shape index (κ3) is 4.16. The van der Waals surface area contributed by atoms with Gasteiger partial charge < -0.3 is 5.11 Å². The van der Waals surface area contributed by atoms with Crippen LogP contribution in [-0.4, -0.2) is 30.5 Å². The molecule has 0 radical (unpaired) electrons. The molecule has 1 rings (SSSR count). The molecule has 0 saturated carbocycles. The first-order chi connectivity index (χ1) is 8.74. The normalized spacial score (nSPS) is 18.8. The molecule has 4 nitrogen and oxygen atoms in total. The molecule has 0 aliphatic carbocycles. The van der Waals surface area contributed by atoms with E-state index in [0.717, 1.165) is 11.3 Å². The molecule has 19 heavy (non-hydrogen) atoms. The van der Waals surface area contributed by atoms with Crippen molar-refractivity contribution in [2.45, 2.75) is 54.8 Å². The van der Waals surface area contributed by atoms with Crippen LogP contribution in [0.4, 0.5) is 0 Å². The minimum atomic E-state index is -3.64. The van der Waals surface area contributed by atoms with Gasteiger partial charge in [-0.1, -0.05) is 19.9 Å². The van der Waals surface area contributed by atoms with E-state index in [1.54, 1.807) is 25.3 Å². The van der Waals surface area contributed by atoms with Crippen LogP contribution in [0.2, 0.25) is 0 Å². The highest BCUT2D eigenvalue weighted by molar-refractivity contribution is 7.91. The van der Waals surface area contributed by atoms with Crippen LogP contribution in [0.25, 0.3) is 0 Å². The maximum atomic E-state index is 12.2. The molecule has 3 atom stereocenters. The number of nitrogens with one attached hydrogen (secondary N) is 1. The summed E-state index contributed by atoms with van der Waals surface area (Å²) < 4.78 is 27.2. The Hall–Kier alpha value is -0.140. The molecule has 0 aliphatic rings. The summed E-state index contributed by atoms with van der Waals surface area (Å²) in [6, 6.07) is 2.47. The number of sulfonamides is 1. The average molecular weight is 326 g/mol. The van der Waals surface area contributed by atoms with E-state index in [0.29, 0.717) is 12.8 Å². The molecule has 0 aliphatic heterocycles. The van der Waals surface area contributed by atoms with Crippen LogP contribution in [0.5, 0.6) is 0 Å². The van der Waals surface area contributed by atoms with Crippen LogP contribution >= 0.6 is 22.9 Å². The zero-order valence-electron chi connectivity index (χ0n) is 11.3. The minimum absolute atomic E-state index is 0.226. The molecule has 7 heteroatoms. The summed E-state index contributed by atoms with van der Waals surface area (Å²) in [7, 11) is -3.64. The smallest absolute Gasteiger partial charge is 0.250 e. The lowest BCUT2D eigenvalue weighted by atomic mass is 9.93. The van der Waals surface area contributed by atoms with Crippen molar-refractivity contribution in [3.05, 3.63) is 17.5 Å². The molecular formula is C12H20ClNO3S2. The Morgan fingerprint density at radius 1 is 1.53 bits per heavy atom. The van der Waals surface area contributed by atoms with E-state index < -0.39 is 27.0 Å². The molecule has 0 spiro atoms. The number of thiophene rings is 1. The SMILES string of the molecule is CC[C@H](O)[C@H](NS(=O)(=O)c1cccs1)[C@@](C)(Cl)CC. The molecule has 1 aromatic rings. The third-order valence-electron chi connectivity index (χ3n) is 3.18. The molecule has 2 N–H and O–H groups in total. The number of hydrogen-bond acceptors (Lipinski definition) is 4. The lowest BCUT2D eigenvalue weighted by Gasteiger charge is -2.34. The van der Waals surface area contributed by atoms with Crippen molar-refractivity contribution in [1.82, 2.24) is 4.72 Å². The number of rotatable bonds is 7. The van der Waals surface area contributed by atoms with Gasteiger partial charge in [-0.15, -0.1) is 22.9 Å². The molecule has 0 aromatic carbocycles. The Labute approximate surface area is 123 Å². The van der Waals surface area contributed by atoms with E-state index in [1.807, 2.05) is 6.92 Å². The van der Waals surface area contributed by atoms with Gasteiger partial charge in [0.15, 0.2) is 0 Å². The van der Waals surface area contributed by atoms with E-state index in [1.165, 1.54) is 6.07 Å². The fourth-order valence-corrected chi connectivity index (χ4v) is 4.36. The highest BCUT2D eigenvalue weighted by Crippen LogP contribution is 2.28. The van der Waals surface area contributed by atoms with Gasteiger partial charge in [0.05, 0.1) is 17.0 Å². The lowest BCUT2D eigenvalue weighted by Crippen LogP contribution is -2.54. The maximum Gasteiger partial charge on any atom is 0.250 e. The summed E-state index contributed by atoms with van der Waals surface area (Å²) >= 11 is 7.48. The van der Waals surface area contributed by atoms with Crippen molar-refractivity contribution in [2.75, 3.05) is 0 Å². The van der Waals surface area contributed by atoms with Crippen LogP contribution in [-0.2, 0) is 10.0 Å². The largest absolute Gasteiger partial charge is 0.391 e. The van der Waals surface area contributed by atoms with Gasteiger partial charge in [0.2, 0.25) is 10.0 Å². The predicted octanol–water partition coefficient (Wildman–Crippen LogP) is 2.57. The van der Waals surface area contributed by atoms with Gasteiger partial charge in [0, 0.05) is 0 Å². The monoisotopic (exact) mass is 325 g/mol. The highest BCUT2D eigenvalue weighted by Gasteiger charge is 2.38. The van der Waals surface area contributed by atoms with Crippen LogP contribution in [0, 0.1) is 0 Å². The first-order valence-corrected chi connectivity index (χ1v) is 8.91. The summed E-state index contributed by atoms with van der Waals surface area (Å²) in [6.07, 6.45) is 0.153. The Bertz CT molecular complexity index is 485. The first kappa shape index (κ1) is 16.9. The molecule has 0 unspecified atom stereocenters. The summed E-state index contributed by atoms with van der Waals surface area (Å²) in [5.41, 5.74) is 0. The zero-order valence-corrected chi connectivity index (χ0v) is 13.6. The second-order valence-electron chi connectivity index (χ2n) is 4.64. The summed E-state index contributed by atoms with van der Waals surface area (Å²) in [5.74, 6) is 0. The molecule has 0 fully saturated rings. The molecule has 0 saturated heterocycles. The fourth-order valence-electron chi connectivity index (χ4n) is 1.70. The van der Waals surface area contributed by atoms with Gasteiger partial charge in [-0.25, -0.2) is 13.1 Å². The van der Waals surface area contributed by atoms with Gasteiger partial charge in [-0.05, 0) is 31.2 Å². The molecule has 1 aromatic heterocycles. The molecular weight excluding hydrogens is 306 g/mol. The molecule has 110 valence electrons. The number of aliphatic hydroxyl groups excluding tert-OH is 1. The van der Waals surface area contributed by atoms with Crippen LogP contribution in [0.3, 0.4) is 0 Å². The van der Waals surface area contributed by atoms with E-state index in [4.69, 9.17) is 11.6 Å². The van der Waals surface area contributed by atoms with Crippen molar-refractivity contribution >= 4 is 33.0 Å². The Morgan fingerprint density at radius 2 is 2.16 bits per heavy atom. The standard InChI is InChI=1S/C12H20ClNO3S2/c1-4-9(15)11(12(3,13)5-2)14-19(16,17)10-7-6-8-18-10/h6-9,11,14-15H,4-5H2,1-3H3/t9-,11-,12-/m0/s1. The second kappa shape index (κ2) is 6.54. The van der Waals surface area contributed by atoms with E-state index in [9.17, 15) is 13.5 Å². The van der Waals surface area contributed by atoms with Gasteiger partial charge >= 0.3 is 0 Å². The van der Waals surface area contributed by atoms with Crippen LogP contribution < -0.4 is 4.72 Å². The predicted molar refractivity (Wildman–Crippen MR) is 79.3 cm³/mol. The number of alkyl halides is 1. The molecule has 0 bridgehead atoms. The van der Waals surface area contributed by atoms with Crippen molar-refractivity contribution < 1.29 is 13.5 Å². The Morgan fingerprint density at radius 3 is 2.58 bits per heavy atom. The van der Waals surface area contributed by atoms with Gasteiger partial charge in [0.1, 0.15) is 4.21 Å². The van der Waals surface area contributed by atoms with E-state index >= 15 is 0 Å². The lowest BCUT2D eigenvalue weighted by molar-refractivity contribution is 0.114. The Balaban J connectivity index is 3.02. The maximum absolute atomic E-state index is 12.2. The minimum Gasteiger partial charge on any atom is -0.391 e. The Kier molecular flexibility index (Phi) is 5.82. The number of hydrogen-bond donors (Lipinski definition) is 2. The van der Waals surface area contributed by atoms with Crippen molar-refractivity contribution in [2.24, 2.45) is 0 Å². The summed E-state index contributed by atoms with van der Waals surface area (Å²) in [4.78, 5) is -0.834. The van der Waals surface area contributed by atoms with E-state index in [2.05, 4.69) is 4.72 Å². The van der Waals surface area contributed by atoms with Gasteiger partial charge in [-0.3, -0.25) is 0 Å². The van der Waals surface area contributed by atoms with Crippen molar-refractivity contribution in [3.8, 4) is 0 Å². The topological polar surface area (TPSA) is 66.4 Å². The van der Waals surface area contributed by atoms with Crippen molar-refractivity contribution in [3.63, 3.8) is 0 Å². The number of halogens is 1. The summed E-state index contributed by atoms with van der Waals surface area (Å²) in [5, 5.41) is 11.7.